The van der Waals surface area contributed by atoms with Crippen molar-refractivity contribution in [1.29, 1.82) is 0 Å². The molecule has 2 aromatic rings. The molecule has 0 amide bonds. The molecular weight excluding hydrogens is 332 g/mol. The van der Waals surface area contributed by atoms with E-state index in [-0.39, 0.29) is 11.5 Å². The highest BCUT2D eigenvalue weighted by Crippen LogP contribution is 2.24. The summed E-state index contributed by atoms with van der Waals surface area (Å²) in [6.07, 6.45) is 0. The second-order valence-electron chi connectivity index (χ2n) is 7.62. The molecule has 0 aromatic heterocycles. The van der Waals surface area contributed by atoms with Crippen LogP contribution in [0.25, 0.3) is 0 Å². The minimum absolute atomic E-state index is 0.00673. The zero-order valence-electron chi connectivity index (χ0n) is 15.7. The maximum atomic E-state index is 12.8. The lowest BCUT2D eigenvalue weighted by Crippen LogP contribution is -2.35. The van der Waals surface area contributed by atoms with E-state index in [1.807, 2.05) is 61.5 Å². The van der Waals surface area contributed by atoms with Gasteiger partial charge in [0.05, 0.1) is 10.9 Å². The Balaban J connectivity index is 2.28. The van der Waals surface area contributed by atoms with Crippen LogP contribution in [-0.2, 0) is 15.4 Å². The molecular formula is C20H28N2O2S. The van der Waals surface area contributed by atoms with Gasteiger partial charge in [0.2, 0.25) is 10.0 Å². The van der Waals surface area contributed by atoms with E-state index in [1.54, 1.807) is 12.1 Å². The summed E-state index contributed by atoms with van der Waals surface area (Å²) in [6.45, 7) is 6.91. The average molecular weight is 361 g/mol. The van der Waals surface area contributed by atoms with Crippen LogP contribution in [0.3, 0.4) is 0 Å². The summed E-state index contributed by atoms with van der Waals surface area (Å²) >= 11 is 0. The van der Waals surface area contributed by atoms with Gasteiger partial charge in [-0.3, -0.25) is 0 Å². The van der Waals surface area contributed by atoms with Gasteiger partial charge in [-0.05, 0) is 42.8 Å². The number of nitrogens with one attached hydrogen (secondary N) is 1. The lowest BCUT2D eigenvalue weighted by Gasteiger charge is -2.23. The number of nitrogens with zero attached hydrogens (tertiary/aromatic N) is 1. The Hall–Kier alpha value is -1.69. The summed E-state index contributed by atoms with van der Waals surface area (Å²) in [4.78, 5) is 2.27. The first-order valence-electron chi connectivity index (χ1n) is 8.42. The molecule has 0 bridgehead atoms. The van der Waals surface area contributed by atoms with Crippen LogP contribution < -0.4 is 4.72 Å². The van der Waals surface area contributed by atoms with Crippen molar-refractivity contribution in [2.24, 2.45) is 0 Å². The zero-order valence-corrected chi connectivity index (χ0v) is 16.5. The second-order valence-corrected chi connectivity index (χ2v) is 9.34. The molecule has 0 saturated heterocycles. The van der Waals surface area contributed by atoms with Gasteiger partial charge in [0.15, 0.2) is 0 Å². The van der Waals surface area contributed by atoms with Crippen LogP contribution in [0.1, 0.15) is 37.9 Å². The third kappa shape index (κ3) is 5.39. The van der Waals surface area contributed by atoms with Gasteiger partial charge in [-0.25, -0.2) is 13.1 Å². The predicted molar refractivity (Wildman–Crippen MR) is 103 cm³/mol. The SMILES string of the molecule is CN(C)CC(NS(=O)(=O)c1ccc(C(C)(C)C)cc1)c1ccccc1. The molecule has 1 unspecified atom stereocenters. The molecule has 0 saturated carbocycles. The van der Waals surface area contributed by atoms with E-state index >= 15 is 0 Å². The molecule has 1 N–H and O–H groups in total. The summed E-state index contributed by atoms with van der Waals surface area (Å²) in [7, 11) is 0.274. The summed E-state index contributed by atoms with van der Waals surface area (Å²) in [5.74, 6) is 0. The van der Waals surface area contributed by atoms with Gasteiger partial charge in [0.1, 0.15) is 0 Å². The molecule has 25 heavy (non-hydrogen) atoms. The Bertz CT molecular complexity index is 777. The van der Waals surface area contributed by atoms with Crippen LogP contribution >= 0.6 is 0 Å². The van der Waals surface area contributed by atoms with Crippen molar-refractivity contribution < 1.29 is 8.42 Å². The van der Waals surface area contributed by atoms with Crippen molar-refractivity contribution in [2.45, 2.75) is 37.1 Å². The molecule has 0 fully saturated rings. The van der Waals surface area contributed by atoms with Crippen molar-refractivity contribution in [3.63, 3.8) is 0 Å². The highest BCUT2D eigenvalue weighted by Gasteiger charge is 2.23. The van der Waals surface area contributed by atoms with Gasteiger partial charge in [0.25, 0.3) is 0 Å². The minimum atomic E-state index is -3.59. The number of rotatable bonds is 6. The third-order valence-electron chi connectivity index (χ3n) is 4.08. The summed E-state index contributed by atoms with van der Waals surface area (Å²) in [5, 5.41) is 0. The van der Waals surface area contributed by atoms with Crippen molar-refractivity contribution in [3.8, 4) is 0 Å². The Morgan fingerprint density at radius 1 is 0.960 bits per heavy atom. The van der Waals surface area contributed by atoms with E-state index in [2.05, 4.69) is 25.5 Å². The van der Waals surface area contributed by atoms with Gasteiger partial charge < -0.3 is 4.90 Å². The predicted octanol–water partition coefficient (Wildman–Crippen LogP) is 3.57. The number of benzene rings is 2. The van der Waals surface area contributed by atoms with Crippen LogP contribution in [0.15, 0.2) is 59.5 Å². The first kappa shape index (κ1) is 19.6. The maximum absolute atomic E-state index is 12.8. The Kier molecular flexibility index (Phi) is 6.03. The van der Waals surface area contributed by atoms with Crippen molar-refractivity contribution in [1.82, 2.24) is 9.62 Å². The van der Waals surface area contributed by atoms with Gasteiger partial charge in [-0.2, -0.15) is 0 Å². The number of sulfonamides is 1. The summed E-state index contributed by atoms with van der Waals surface area (Å²) < 4.78 is 28.5. The van der Waals surface area contributed by atoms with Crippen LogP contribution in [0, 0.1) is 0 Å². The molecule has 0 aliphatic rings. The Morgan fingerprint density at radius 2 is 1.52 bits per heavy atom. The fourth-order valence-electron chi connectivity index (χ4n) is 2.65. The Morgan fingerprint density at radius 3 is 2.00 bits per heavy atom. The van der Waals surface area contributed by atoms with E-state index in [4.69, 9.17) is 0 Å². The fraction of sp³-hybridized carbons (Fsp3) is 0.400. The van der Waals surface area contributed by atoms with E-state index in [0.29, 0.717) is 11.4 Å². The molecule has 0 spiro atoms. The van der Waals surface area contributed by atoms with Crippen molar-refractivity contribution >= 4 is 10.0 Å². The zero-order chi connectivity index (χ0) is 18.7. The first-order valence-corrected chi connectivity index (χ1v) is 9.90. The van der Waals surface area contributed by atoms with Crippen molar-refractivity contribution in [2.75, 3.05) is 20.6 Å². The normalized spacial score (nSPS) is 13.8. The van der Waals surface area contributed by atoms with Gasteiger partial charge in [-0.15, -0.1) is 0 Å². The molecule has 2 aromatic carbocycles. The monoisotopic (exact) mass is 360 g/mol. The van der Waals surface area contributed by atoms with Crippen molar-refractivity contribution in [3.05, 3.63) is 65.7 Å². The molecule has 136 valence electrons. The van der Waals surface area contributed by atoms with Crippen LogP contribution in [0.4, 0.5) is 0 Å². The fourth-order valence-corrected chi connectivity index (χ4v) is 3.87. The highest BCUT2D eigenvalue weighted by molar-refractivity contribution is 7.89. The van der Waals surface area contributed by atoms with Gasteiger partial charge >= 0.3 is 0 Å². The lowest BCUT2D eigenvalue weighted by molar-refractivity contribution is 0.363. The summed E-state index contributed by atoms with van der Waals surface area (Å²) in [6, 6.07) is 16.5. The topological polar surface area (TPSA) is 49.4 Å². The van der Waals surface area contributed by atoms with E-state index < -0.39 is 10.0 Å². The quantitative estimate of drug-likeness (QED) is 0.857. The molecule has 1 atom stereocenters. The average Bonchev–Trinajstić information content (AvgIpc) is 2.54. The lowest BCUT2D eigenvalue weighted by atomic mass is 9.87. The smallest absolute Gasteiger partial charge is 0.241 e. The number of hydrogen-bond acceptors (Lipinski definition) is 3. The third-order valence-corrected chi connectivity index (χ3v) is 5.57. The van der Waals surface area contributed by atoms with E-state index in [9.17, 15) is 8.42 Å². The second kappa shape index (κ2) is 7.68. The minimum Gasteiger partial charge on any atom is -0.307 e. The van der Waals surface area contributed by atoms with Crippen LogP contribution in [0.5, 0.6) is 0 Å². The molecule has 5 heteroatoms. The first-order chi connectivity index (χ1) is 11.6. The number of hydrogen-bond donors (Lipinski definition) is 1. The van der Waals surface area contributed by atoms with Crippen LogP contribution in [-0.4, -0.2) is 34.0 Å². The maximum Gasteiger partial charge on any atom is 0.241 e. The van der Waals surface area contributed by atoms with E-state index in [1.165, 1.54) is 0 Å². The van der Waals surface area contributed by atoms with Gasteiger partial charge in [0, 0.05) is 6.54 Å². The number of likely N-dealkylation sites (N-methyl/N-ethyl adjacent to an activating group) is 1. The largest absolute Gasteiger partial charge is 0.307 e. The van der Waals surface area contributed by atoms with Crippen LogP contribution in [0.2, 0.25) is 0 Å². The standard InChI is InChI=1S/C20H28N2O2S/c1-20(2,3)17-11-13-18(14-12-17)25(23,24)21-19(15-22(4)5)16-9-7-6-8-10-16/h6-14,19,21H,15H2,1-5H3. The Labute approximate surface area is 151 Å². The summed E-state index contributed by atoms with van der Waals surface area (Å²) in [5.41, 5.74) is 2.05. The molecule has 0 aliphatic heterocycles. The molecule has 4 nitrogen and oxygen atoms in total. The van der Waals surface area contributed by atoms with E-state index in [0.717, 1.165) is 11.1 Å². The molecule has 0 radical (unpaired) electrons. The molecule has 0 aliphatic carbocycles. The molecule has 2 rings (SSSR count). The highest BCUT2D eigenvalue weighted by atomic mass is 32.2. The molecule has 0 heterocycles. The van der Waals surface area contributed by atoms with Gasteiger partial charge in [-0.1, -0.05) is 63.2 Å².